The van der Waals surface area contributed by atoms with E-state index in [0.717, 1.165) is 43.9 Å². The van der Waals surface area contributed by atoms with Crippen molar-refractivity contribution < 1.29 is 0 Å². The van der Waals surface area contributed by atoms with E-state index < -0.39 is 0 Å². The van der Waals surface area contributed by atoms with Crippen molar-refractivity contribution in [2.75, 3.05) is 30.8 Å². The first kappa shape index (κ1) is 14.8. The van der Waals surface area contributed by atoms with E-state index in [9.17, 15) is 0 Å². The monoisotopic (exact) mass is 297 g/mol. The third-order valence-corrected chi connectivity index (χ3v) is 4.22. The van der Waals surface area contributed by atoms with Crippen molar-refractivity contribution in [1.82, 2.24) is 15.3 Å². The Kier molecular flexibility index (Phi) is 4.53. The minimum atomic E-state index is 0.369. The van der Waals surface area contributed by atoms with Crippen molar-refractivity contribution in [2.45, 2.75) is 25.3 Å². The van der Waals surface area contributed by atoms with Crippen molar-refractivity contribution in [3.8, 4) is 0 Å². The van der Waals surface area contributed by atoms with Crippen LogP contribution < -0.4 is 16.0 Å². The number of benzene rings is 1. The Hall–Kier alpha value is -2.14. The van der Waals surface area contributed by atoms with Gasteiger partial charge in [-0.3, -0.25) is 0 Å². The number of nitrogen functional groups attached to an aromatic ring is 1. The minimum absolute atomic E-state index is 0.369. The molecule has 1 atom stereocenters. The Labute approximate surface area is 131 Å². The lowest BCUT2D eigenvalue weighted by molar-refractivity contribution is 0.616. The Morgan fingerprint density at radius 3 is 2.77 bits per heavy atom. The zero-order chi connectivity index (χ0) is 15.4. The normalized spacial score (nSPS) is 17.9. The number of likely N-dealkylation sites (N-methyl/N-ethyl adjacent to an activating group) is 1. The topological polar surface area (TPSA) is 67.1 Å². The smallest absolute Gasteiger partial charge is 0.222 e. The molecule has 22 heavy (non-hydrogen) atoms. The standard InChI is InChI=1S/C17H23N5/c1-19-15-9-10-22(12-15)16-11-14(20-17(18)21-16)8-7-13-5-3-2-4-6-13/h2-6,11,15,19H,7-10,12H2,1H3,(H2,18,20,21). The molecular formula is C17H23N5. The molecule has 1 unspecified atom stereocenters. The fraction of sp³-hybridized carbons (Fsp3) is 0.412. The van der Waals surface area contributed by atoms with E-state index in [1.807, 2.05) is 13.1 Å². The molecule has 0 aliphatic carbocycles. The number of aromatic nitrogens is 2. The molecule has 3 N–H and O–H groups in total. The zero-order valence-electron chi connectivity index (χ0n) is 13.0. The predicted octanol–water partition coefficient (Wildman–Crippen LogP) is 1.64. The molecule has 1 saturated heterocycles. The van der Waals surface area contributed by atoms with Gasteiger partial charge in [-0.1, -0.05) is 30.3 Å². The summed E-state index contributed by atoms with van der Waals surface area (Å²) in [5.41, 5.74) is 8.23. The number of anilines is 2. The minimum Gasteiger partial charge on any atom is -0.368 e. The number of nitrogens with zero attached hydrogens (tertiary/aromatic N) is 3. The van der Waals surface area contributed by atoms with E-state index in [-0.39, 0.29) is 0 Å². The summed E-state index contributed by atoms with van der Waals surface area (Å²) < 4.78 is 0. The van der Waals surface area contributed by atoms with E-state index >= 15 is 0 Å². The van der Waals surface area contributed by atoms with Crippen LogP contribution in [0.1, 0.15) is 17.7 Å². The van der Waals surface area contributed by atoms with Crippen LogP contribution in [0.5, 0.6) is 0 Å². The molecule has 0 bridgehead atoms. The summed E-state index contributed by atoms with van der Waals surface area (Å²) in [6.45, 7) is 1.99. The van der Waals surface area contributed by atoms with Crippen LogP contribution in [-0.4, -0.2) is 36.1 Å². The molecule has 0 radical (unpaired) electrons. The first-order valence-electron chi connectivity index (χ1n) is 7.84. The first-order valence-corrected chi connectivity index (χ1v) is 7.84. The van der Waals surface area contributed by atoms with Gasteiger partial charge < -0.3 is 16.0 Å². The van der Waals surface area contributed by atoms with Gasteiger partial charge in [0.2, 0.25) is 5.95 Å². The van der Waals surface area contributed by atoms with E-state index in [1.165, 1.54) is 5.56 Å². The van der Waals surface area contributed by atoms with E-state index in [0.29, 0.717) is 12.0 Å². The lowest BCUT2D eigenvalue weighted by Crippen LogP contribution is -2.30. The van der Waals surface area contributed by atoms with Crippen molar-refractivity contribution in [3.63, 3.8) is 0 Å². The number of hydrogen-bond acceptors (Lipinski definition) is 5. The Bertz CT molecular complexity index is 614. The molecular weight excluding hydrogens is 274 g/mol. The van der Waals surface area contributed by atoms with Gasteiger partial charge in [0, 0.05) is 30.9 Å². The predicted molar refractivity (Wildman–Crippen MR) is 90.0 cm³/mol. The van der Waals surface area contributed by atoms with Crippen LogP contribution in [0.25, 0.3) is 0 Å². The summed E-state index contributed by atoms with van der Waals surface area (Å²) in [6, 6.07) is 13.1. The Morgan fingerprint density at radius 2 is 2.05 bits per heavy atom. The lowest BCUT2D eigenvalue weighted by atomic mass is 10.1. The van der Waals surface area contributed by atoms with Crippen molar-refractivity contribution in [3.05, 3.63) is 47.7 Å². The third kappa shape index (κ3) is 3.54. The van der Waals surface area contributed by atoms with Crippen LogP contribution in [0.2, 0.25) is 0 Å². The quantitative estimate of drug-likeness (QED) is 0.878. The van der Waals surface area contributed by atoms with E-state index in [4.69, 9.17) is 5.73 Å². The highest BCUT2D eigenvalue weighted by Gasteiger charge is 2.22. The molecule has 5 heteroatoms. The molecule has 1 aromatic heterocycles. The zero-order valence-corrected chi connectivity index (χ0v) is 13.0. The summed E-state index contributed by atoms with van der Waals surface area (Å²) in [4.78, 5) is 11.1. The van der Waals surface area contributed by atoms with Gasteiger partial charge in [-0.25, -0.2) is 4.98 Å². The highest BCUT2D eigenvalue weighted by molar-refractivity contribution is 5.45. The van der Waals surface area contributed by atoms with Gasteiger partial charge in [-0.05, 0) is 31.9 Å². The number of nitrogens with one attached hydrogen (secondary N) is 1. The molecule has 1 aliphatic rings. The highest BCUT2D eigenvalue weighted by Crippen LogP contribution is 2.20. The van der Waals surface area contributed by atoms with Crippen LogP contribution in [0, 0.1) is 0 Å². The van der Waals surface area contributed by atoms with Gasteiger partial charge in [0.05, 0.1) is 0 Å². The molecule has 0 saturated carbocycles. The number of hydrogen-bond donors (Lipinski definition) is 2. The summed E-state index contributed by atoms with van der Waals surface area (Å²) >= 11 is 0. The van der Waals surface area contributed by atoms with Gasteiger partial charge in [0.1, 0.15) is 5.82 Å². The summed E-state index contributed by atoms with van der Waals surface area (Å²) in [6.07, 6.45) is 2.99. The lowest BCUT2D eigenvalue weighted by Gasteiger charge is -2.18. The molecule has 116 valence electrons. The van der Waals surface area contributed by atoms with Crippen LogP contribution in [0.3, 0.4) is 0 Å². The Balaban J connectivity index is 1.70. The van der Waals surface area contributed by atoms with Crippen LogP contribution in [0.15, 0.2) is 36.4 Å². The van der Waals surface area contributed by atoms with Gasteiger partial charge in [-0.15, -0.1) is 0 Å². The molecule has 1 aliphatic heterocycles. The third-order valence-electron chi connectivity index (χ3n) is 4.22. The first-order chi connectivity index (χ1) is 10.7. The van der Waals surface area contributed by atoms with Crippen molar-refractivity contribution >= 4 is 11.8 Å². The van der Waals surface area contributed by atoms with Crippen molar-refractivity contribution in [1.29, 1.82) is 0 Å². The summed E-state index contributed by atoms with van der Waals surface area (Å²) in [7, 11) is 2.01. The Morgan fingerprint density at radius 1 is 1.23 bits per heavy atom. The maximum atomic E-state index is 5.90. The molecule has 2 aromatic rings. The van der Waals surface area contributed by atoms with Gasteiger partial charge in [0.25, 0.3) is 0 Å². The van der Waals surface area contributed by atoms with Gasteiger partial charge in [-0.2, -0.15) is 4.98 Å². The molecule has 0 amide bonds. The molecule has 5 nitrogen and oxygen atoms in total. The number of rotatable bonds is 5. The second-order valence-corrected chi connectivity index (χ2v) is 5.78. The van der Waals surface area contributed by atoms with Gasteiger partial charge >= 0.3 is 0 Å². The second-order valence-electron chi connectivity index (χ2n) is 5.78. The van der Waals surface area contributed by atoms with Gasteiger partial charge in [0.15, 0.2) is 0 Å². The average molecular weight is 297 g/mol. The number of aryl methyl sites for hydroxylation is 2. The van der Waals surface area contributed by atoms with Crippen LogP contribution >= 0.6 is 0 Å². The average Bonchev–Trinajstić information content (AvgIpc) is 3.03. The summed E-state index contributed by atoms with van der Waals surface area (Å²) in [5.74, 6) is 1.32. The maximum absolute atomic E-state index is 5.90. The van der Waals surface area contributed by atoms with E-state index in [1.54, 1.807) is 0 Å². The summed E-state index contributed by atoms with van der Waals surface area (Å²) in [5, 5.41) is 3.32. The maximum Gasteiger partial charge on any atom is 0.222 e. The van der Waals surface area contributed by atoms with Crippen LogP contribution in [0.4, 0.5) is 11.8 Å². The molecule has 2 heterocycles. The SMILES string of the molecule is CNC1CCN(c2cc(CCc3ccccc3)nc(N)n2)C1. The molecule has 1 aromatic carbocycles. The molecule has 0 spiro atoms. The van der Waals surface area contributed by atoms with Crippen LogP contribution in [-0.2, 0) is 12.8 Å². The highest BCUT2D eigenvalue weighted by atomic mass is 15.2. The molecule has 1 fully saturated rings. The fourth-order valence-electron chi connectivity index (χ4n) is 2.91. The largest absolute Gasteiger partial charge is 0.368 e. The second kappa shape index (κ2) is 6.75. The number of nitrogens with two attached hydrogens (primary N) is 1. The molecule has 3 rings (SSSR count). The fourth-order valence-corrected chi connectivity index (χ4v) is 2.91. The van der Waals surface area contributed by atoms with E-state index in [2.05, 4.69) is 50.5 Å². The van der Waals surface area contributed by atoms with Crippen molar-refractivity contribution in [2.24, 2.45) is 0 Å².